The number of likely N-dealkylation sites (tertiary alicyclic amines) is 1. The fraction of sp³-hybridized carbons (Fsp3) is 0.588. The number of carbonyl (C=O) groups excluding carboxylic acids is 1. The monoisotopic (exact) mass is 338 g/mol. The smallest absolute Gasteiger partial charge is 0.240 e. The molecule has 1 aromatic rings. The lowest BCUT2D eigenvalue weighted by atomic mass is 10.1. The van der Waals surface area contributed by atoms with Gasteiger partial charge in [0, 0.05) is 11.6 Å². The van der Waals surface area contributed by atoms with Crippen LogP contribution in [-0.4, -0.2) is 53.8 Å². The van der Waals surface area contributed by atoms with E-state index in [1.165, 1.54) is 0 Å². The van der Waals surface area contributed by atoms with Crippen molar-refractivity contribution in [3.05, 3.63) is 29.3 Å². The van der Waals surface area contributed by atoms with Crippen molar-refractivity contribution >= 4 is 17.5 Å². The van der Waals surface area contributed by atoms with Crippen molar-refractivity contribution in [2.24, 2.45) is 0 Å². The van der Waals surface area contributed by atoms with Crippen molar-refractivity contribution in [1.29, 1.82) is 0 Å². The topological polar surface area (TPSA) is 61.8 Å². The summed E-state index contributed by atoms with van der Waals surface area (Å²) in [7, 11) is 0. The van der Waals surface area contributed by atoms with Crippen LogP contribution in [0.5, 0.6) is 5.75 Å². The molecule has 2 heterocycles. The van der Waals surface area contributed by atoms with Gasteiger partial charge in [-0.25, -0.2) is 0 Å². The Balaban J connectivity index is 1.55. The Kier molecular flexibility index (Phi) is 5.41. The fourth-order valence-corrected chi connectivity index (χ4v) is 3.51. The third kappa shape index (κ3) is 3.97. The van der Waals surface area contributed by atoms with Gasteiger partial charge in [-0.3, -0.25) is 4.79 Å². The molecule has 2 saturated heterocycles. The van der Waals surface area contributed by atoms with Crippen LogP contribution < -0.4 is 10.1 Å². The van der Waals surface area contributed by atoms with Crippen molar-refractivity contribution in [2.45, 2.75) is 43.9 Å². The van der Waals surface area contributed by atoms with Crippen molar-refractivity contribution in [1.82, 2.24) is 10.2 Å². The summed E-state index contributed by atoms with van der Waals surface area (Å²) in [6, 6.07) is 6.81. The van der Waals surface area contributed by atoms with Gasteiger partial charge in [0.05, 0.1) is 12.1 Å². The number of amides is 1. The first-order valence-electron chi connectivity index (χ1n) is 8.25. The molecular formula is C17H23ClN2O3. The minimum Gasteiger partial charge on any atom is -0.491 e. The van der Waals surface area contributed by atoms with Crippen LogP contribution in [0.15, 0.2) is 24.3 Å². The van der Waals surface area contributed by atoms with E-state index in [2.05, 4.69) is 5.32 Å². The molecule has 2 N–H and O–H groups in total. The summed E-state index contributed by atoms with van der Waals surface area (Å²) in [5.41, 5.74) is 0. The number of rotatable bonds is 5. The fourth-order valence-electron chi connectivity index (χ4n) is 3.39. The molecule has 0 saturated carbocycles. The minimum absolute atomic E-state index is 0.0833. The van der Waals surface area contributed by atoms with Gasteiger partial charge in [-0.15, -0.1) is 0 Å². The van der Waals surface area contributed by atoms with Gasteiger partial charge in [0.1, 0.15) is 18.5 Å². The van der Waals surface area contributed by atoms with Crippen molar-refractivity contribution in [3.8, 4) is 5.75 Å². The lowest BCUT2D eigenvalue weighted by Crippen LogP contribution is -2.50. The van der Waals surface area contributed by atoms with Crippen molar-refractivity contribution < 1.29 is 14.6 Å². The molecule has 2 aliphatic rings. The Hall–Kier alpha value is -1.30. The second-order valence-corrected chi connectivity index (χ2v) is 6.66. The molecule has 6 heteroatoms. The molecule has 3 rings (SSSR count). The summed E-state index contributed by atoms with van der Waals surface area (Å²) in [4.78, 5) is 14.4. The van der Waals surface area contributed by atoms with E-state index in [-0.39, 0.29) is 24.6 Å². The SMILES string of the molecule is O=C([C@H]1CCCN1)N1CCC[C@H]1C(O)COc1ccc(Cl)cc1. The highest BCUT2D eigenvalue weighted by Crippen LogP contribution is 2.24. The molecular weight excluding hydrogens is 316 g/mol. The van der Waals surface area contributed by atoms with E-state index in [1.807, 2.05) is 4.90 Å². The zero-order valence-electron chi connectivity index (χ0n) is 13.1. The van der Waals surface area contributed by atoms with Gasteiger partial charge in [0.2, 0.25) is 5.91 Å². The highest BCUT2D eigenvalue weighted by Gasteiger charge is 2.37. The number of aliphatic hydroxyl groups is 1. The maximum Gasteiger partial charge on any atom is 0.240 e. The van der Waals surface area contributed by atoms with Gasteiger partial charge in [-0.1, -0.05) is 11.6 Å². The Bertz CT molecular complexity index is 531. The Labute approximate surface area is 141 Å². The number of benzene rings is 1. The molecule has 23 heavy (non-hydrogen) atoms. The molecule has 2 aliphatic heterocycles. The van der Waals surface area contributed by atoms with Crippen molar-refractivity contribution in [3.63, 3.8) is 0 Å². The number of nitrogens with zero attached hydrogens (tertiary/aromatic N) is 1. The summed E-state index contributed by atoms with van der Waals surface area (Å²) < 4.78 is 5.63. The zero-order chi connectivity index (χ0) is 16.2. The van der Waals surface area contributed by atoms with Gasteiger partial charge in [-0.05, 0) is 56.5 Å². The second kappa shape index (κ2) is 7.51. The number of ether oxygens (including phenoxy) is 1. The van der Waals surface area contributed by atoms with Crippen LogP contribution >= 0.6 is 11.6 Å². The molecule has 5 nitrogen and oxygen atoms in total. The molecule has 1 amide bonds. The van der Waals surface area contributed by atoms with Gasteiger partial charge < -0.3 is 20.1 Å². The average molecular weight is 339 g/mol. The molecule has 1 unspecified atom stereocenters. The number of nitrogens with one attached hydrogen (secondary N) is 1. The summed E-state index contributed by atoms with van der Waals surface area (Å²) in [6.45, 7) is 1.80. The number of aliphatic hydroxyl groups excluding tert-OH is 1. The Morgan fingerprint density at radius 3 is 2.83 bits per heavy atom. The first-order valence-corrected chi connectivity index (χ1v) is 8.63. The first kappa shape index (κ1) is 16.6. The van der Waals surface area contributed by atoms with Crippen LogP contribution in [0.1, 0.15) is 25.7 Å². The van der Waals surface area contributed by atoms with Gasteiger partial charge in [-0.2, -0.15) is 0 Å². The molecule has 126 valence electrons. The zero-order valence-corrected chi connectivity index (χ0v) is 13.8. The summed E-state index contributed by atoms with van der Waals surface area (Å²) in [5.74, 6) is 0.789. The van der Waals surface area contributed by atoms with Gasteiger partial charge in [0.25, 0.3) is 0 Å². The molecule has 0 aliphatic carbocycles. The number of hydrogen-bond donors (Lipinski definition) is 2. The van der Waals surface area contributed by atoms with E-state index in [1.54, 1.807) is 24.3 Å². The van der Waals surface area contributed by atoms with E-state index < -0.39 is 6.10 Å². The maximum atomic E-state index is 12.6. The van der Waals surface area contributed by atoms with E-state index in [9.17, 15) is 9.90 Å². The highest BCUT2D eigenvalue weighted by molar-refractivity contribution is 6.30. The molecule has 1 aromatic carbocycles. The largest absolute Gasteiger partial charge is 0.491 e. The summed E-state index contributed by atoms with van der Waals surface area (Å²) in [5, 5.41) is 14.3. The normalized spacial score (nSPS) is 25.6. The third-order valence-corrected chi connectivity index (χ3v) is 4.87. The van der Waals surface area contributed by atoms with Crippen LogP contribution in [-0.2, 0) is 4.79 Å². The molecule has 0 aromatic heterocycles. The molecule has 0 spiro atoms. The maximum absolute atomic E-state index is 12.6. The minimum atomic E-state index is -0.682. The van der Waals surface area contributed by atoms with Crippen molar-refractivity contribution in [2.75, 3.05) is 19.7 Å². The second-order valence-electron chi connectivity index (χ2n) is 6.22. The molecule has 0 bridgehead atoms. The standard InChI is InChI=1S/C17H23ClN2O3/c18-12-5-7-13(8-6-12)23-11-16(21)15-4-2-10-20(15)17(22)14-3-1-9-19-14/h5-8,14-16,19,21H,1-4,9-11H2/t14-,15+,16?/m1/s1. The van der Waals surface area contributed by atoms with Gasteiger partial charge in [0.15, 0.2) is 0 Å². The van der Waals surface area contributed by atoms with Crippen LogP contribution in [0.2, 0.25) is 5.02 Å². The number of halogens is 1. The predicted molar refractivity (Wildman–Crippen MR) is 88.7 cm³/mol. The van der Waals surface area contributed by atoms with Crippen LogP contribution in [0.3, 0.4) is 0 Å². The Morgan fingerprint density at radius 2 is 2.13 bits per heavy atom. The van der Waals surface area contributed by atoms with Gasteiger partial charge >= 0.3 is 0 Å². The predicted octanol–water partition coefficient (Wildman–Crippen LogP) is 1.82. The highest BCUT2D eigenvalue weighted by atomic mass is 35.5. The first-order chi connectivity index (χ1) is 11.1. The third-order valence-electron chi connectivity index (χ3n) is 4.62. The summed E-state index contributed by atoms with van der Waals surface area (Å²) >= 11 is 5.84. The quantitative estimate of drug-likeness (QED) is 0.859. The van der Waals surface area contributed by atoms with Crippen LogP contribution in [0, 0.1) is 0 Å². The molecule has 0 radical (unpaired) electrons. The average Bonchev–Trinajstić information content (AvgIpc) is 3.24. The van der Waals surface area contributed by atoms with E-state index in [0.717, 1.165) is 38.8 Å². The lowest BCUT2D eigenvalue weighted by molar-refractivity contribution is -0.136. The number of hydrogen-bond acceptors (Lipinski definition) is 4. The lowest BCUT2D eigenvalue weighted by Gasteiger charge is -2.30. The molecule has 2 fully saturated rings. The van der Waals surface area contributed by atoms with E-state index in [4.69, 9.17) is 16.3 Å². The van der Waals surface area contributed by atoms with E-state index >= 15 is 0 Å². The summed E-state index contributed by atoms with van der Waals surface area (Å²) in [6.07, 6.45) is 3.00. The number of carbonyl (C=O) groups is 1. The van der Waals surface area contributed by atoms with E-state index in [0.29, 0.717) is 10.8 Å². The van der Waals surface area contributed by atoms with Crippen LogP contribution in [0.4, 0.5) is 0 Å². The van der Waals surface area contributed by atoms with Crippen LogP contribution in [0.25, 0.3) is 0 Å². The Morgan fingerprint density at radius 1 is 1.35 bits per heavy atom. The molecule has 3 atom stereocenters.